The van der Waals surface area contributed by atoms with Gasteiger partial charge in [-0.2, -0.15) is 0 Å². The van der Waals surface area contributed by atoms with Crippen LogP contribution in [0, 0.1) is 0 Å². The summed E-state index contributed by atoms with van der Waals surface area (Å²) in [5.74, 6) is 0. The molecule has 0 N–H and O–H groups in total. The van der Waals surface area contributed by atoms with Crippen LogP contribution in [-0.4, -0.2) is 0 Å². The van der Waals surface area contributed by atoms with Gasteiger partial charge in [-0.05, 0) is 102 Å². The fourth-order valence-electron chi connectivity index (χ4n) is 8.06. The number of hydrogen-bond acceptors (Lipinski definition) is 1. The molecular formula is C54H37N. The largest absolute Gasteiger partial charge is 0.310 e. The van der Waals surface area contributed by atoms with Crippen LogP contribution in [0.25, 0.3) is 76.8 Å². The molecular weight excluding hydrogens is 663 g/mol. The van der Waals surface area contributed by atoms with Crippen LogP contribution in [0.2, 0.25) is 0 Å². The van der Waals surface area contributed by atoms with Gasteiger partial charge >= 0.3 is 0 Å². The lowest BCUT2D eigenvalue weighted by atomic mass is 9.95. The first kappa shape index (κ1) is 32.4. The van der Waals surface area contributed by atoms with Crippen molar-refractivity contribution in [2.45, 2.75) is 0 Å². The van der Waals surface area contributed by atoms with Gasteiger partial charge in [0.15, 0.2) is 0 Å². The molecule has 55 heavy (non-hydrogen) atoms. The Morgan fingerprint density at radius 1 is 0.218 bits per heavy atom. The lowest BCUT2D eigenvalue weighted by molar-refractivity contribution is 1.30. The van der Waals surface area contributed by atoms with E-state index in [4.69, 9.17) is 0 Å². The van der Waals surface area contributed by atoms with E-state index in [1.807, 2.05) is 0 Å². The lowest BCUT2D eigenvalue weighted by Gasteiger charge is -2.28. The third kappa shape index (κ3) is 6.12. The summed E-state index contributed by atoms with van der Waals surface area (Å²) in [6.45, 7) is 0. The number of anilines is 3. The van der Waals surface area contributed by atoms with Gasteiger partial charge in [-0.25, -0.2) is 0 Å². The average Bonchev–Trinajstić information content (AvgIpc) is 3.27. The molecule has 10 aromatic carbocycles. The van der Waals surface area contributed by atoms with E-state index in [1.165, 1.54) is 76.8 Å². The molecule has 0 fully saturated rings. The summed E-state index contributed by atoms with van der Waals surface area (Å²) in [4.78, 5) is 2.42. The first-order valence-electron chi connectivity index (χ1n) is 18.9. The molecule has 10 aromatic rings. The number of rotatable bonds is 7. The summed E-state index contributed by atoms with van der Waals surface area (Å²) in [5.41, 5.74) is 13.0. The SMILES string of the molecule is c1ccc(-c2ccc(-c3ccc(N(c4cccc(-c5ccc(-c6ccccc6)cc5)c4)c4cccc5c4ccc4c6ccccc6ccc54)cc3)cc2)cc1. The topological polar surface area (TPSA) is 3.24 Å². The van der Waals surface area contributed by atoms with Gasteiger partial charge in [0.05, 0.1) is 5.69 Å². The van der Waals surface area contributed by atoms with Crippen LogP contribution in [0.15, 0.2) is 224 Å². The molecule has 0 amide bonds. The van der Waals surface area contributed by atoms with Gasteiger partial charge in [-0.15, -0.1) is 0 Å². The van der Waals surface area contributed by atoms with E-state index in [0.29, 0.717) is 0 Å². The van der Waals surface area contributed by atoms with E-state index in [0.717, 1.165) is 17.1 Å². The normalized spacial score (nSPS) is 11.3. The van der Waals surface area contributed by atoms with Crippen LogP contribution in [0.1, 0.15) is 0 Å². The van der Waals surface area contributed by atoms with E-state index < -0.39 is 0 Å². The standard InChI is InChI=1S/C54H37N/c1-3-11-38(12-4-1)40-21-23-42(24-22-40)43-29-32-47(33-30-43)55(48-17-9-16-46(37-48)44-27-25-41(26-28-44)39-13-5-2-6-14-39)54-20-10-19-50-52-34-31-45-15-7-8-18-49(45)51(52)35-36-53(50)54/h1-37H. The molecule has 0 radical (unpaired) electrons. The van der Waals surface area contributed by atoms with Crippen LogP contribution >= 0.6 is 0 Å². The molecule has 10 rings (SSSR count). The minimum Gasteiger partial charge on any atom is -0.310 e. The number of benzene rings is 10. The van der Waals surface area contributed by atoms with E-state index >= 15 is 0 Å². The van der Waals surface area contributed by atoms with Crippen molar-refractivity contribution in [3.8, 4) is 44.5 Å². The van der Waals surface area contributed by atoms with Crippen LogP contribution in [-0.2, 0) is 0 Å². The zero-order chi connectivity index (χ0) is 36.6. The molecule has 0 saturated heterocycles. The van der Waals surface area contributed by atoms with Gasteiger partial charge in [-0.3, -0.25) is 0 Å². The van der Waals surface area contributed by atoms with E-state index in [1.54, 1.807) is 0 Å². The zero-order valence-corrected chi connectivity index (χ0v) is 30.3. The second kappa shape index (κ2) is 14.0. The lowest BCUT2D eigenvalue weighted by Crippen LogP contribution is -2.10. The third-order valence-corrected chi connectivity index (χ3v) is 10.9. The molecule has 0 saturated carbocycles. The first-order chi connectivity index (χ1) is 27.3. The average molecular weight is 700 g/mol. The van der Waals surface area contributed by atoms with Gasteiger partial charge in [0, 0.05) is 16.8 Å². The molecule has 0 bridgehead atoms. The minimum absolute atomic E-state index is 1.10. The molecule has 0 aliphatic heterocycles. The van der Waals surface area contributed by atoms with Gasteiger partial charge in [0.1, 0.15) is 0 Å². The highest BCUT2D eigenvalue weighted by molar-refractivity contribution is 6.19. The highest BCUT2D eigenvalue weighted by Crippen LogP contribution is 2.43. The molecule has 0 aliphatic rings. The summed E-state index contributed by atoms with van der Waals surface area (Å²) < 4.78 is 0. The van der Waals surface area contributed by atoms with Crippen molar-refractivity contribution >= 4 is 49.4 Å². The summed E-state index contributed by atoms with van der Waals surface area (Å²) >= 11 is 0. The van der Waals surface area contributed by atoms with Crippen molar-refractivity contribution in [3.63, 3.8) is 0 Å². The van der Waals surface area contributed by atoms with Crippen LogP contribution < -0.4 is 4.90 Å². The van der Waals surface area contributed by atoms with Crippen molar-refractivity contribution in [3.05, 3.63) is 224 Å². The Labute approximate surface area is 322 Å². The smallest absolute Gasteiger partial charge is 0.0540 e. The van der Waals surface area contributed by atoms with Crippen molar-refractivity contribution in [2.24, 2.45) is 0 Å². The minimum atomic E-state index is 1.10. The third-order valence-electron chi connectivity index (χ3n) is 10.9. The molecule has 0 heterocycles. The molecule has 0 atom stereocenters. The summed E-state index contributed by atoms with van der Waals surface area (Å²) in [5, 5.41) is 7.53. The monoisotopic (exact) mass is 699 g/mol. The van der Waals surface area contributed by atoms with Gasteiger partial charge in [-0.1, -0.05) is 194 Å². The van der Waals surface area contributed by atoms with Gasteiger partial charge in [0.25, 0.3) is 0 Å². The predicted octanol–water partition coefficient (Wildman–Crippen LogP) is 15.3. The highest BCUT2D eigenvalue weighted by atomic mass is 15.1. The maximum atomic E-state index is 2.42. The molecule has 0 unspecified atom stereocenters. The first-order valence-corrected chi connectivity index (χ1v) is 18.9. The molecule has 258 valence electrons. The Balaban J connectivity index is 1.08. The highest BCUT2D eigenvalue weighted by Gasteiger charge is 2.18. The maximum absolute atomic E-state index is 2.42. The van der Waals surface area contributed by atoms with Crippen molar-refractivity contribution < 1.29 is 0 Å². The number of fused-ring (bicyclic) bond motifs is 5. The van der Waals surface area contributed by atoms with Crippen molar-refractivity contribution in [1.29, 1.82) is 0 Å². The Bertz CT molecular complexity index is 2930. The fraction of sp³-hybridized carbons (Fsp3) is 0. The Morgan fingerprint density at radius 2 is 0.636 bits per heavy atom. The number of hydrogen-bond donors (Lipinski definition) is 0. The number of nitrogens with zero attached hydrogens (tertiary/aromatic N) is 1. The van der Waals surface area contributed by atoms with Gasteiger partial charge in [0.2, 0.25) is 0 Å². The Kier molecular flexibility index (Phi) is 8.24. The molecule has 0 aromatic heterocycles. The molecule has 1 heteroatoms. The Morgan fingerprint density at radius 3 is 1.27 bits per heavy atom. The van der Waals surface area contributed by atoms with Crippen molar-refractivity contribution in [2.75, 3.05) is 4.90 Å². The summed E-state index contributed by atoms with van der Waals surface area (Å²) in [6.07, 6.45) is 0. The van der Waals surface area contributed by atoms with Crippen LogP contribution in [0.4, 0.5) is 17.1 Å². The van der Waals surface area contributed by atoms with E-state index in [2.05, 4.69) is 229 Å². The zero-order valence-electron chi connectivity index (χ0n) is 30.3. The summed E-state index contributed by atoms with van der Waals surface area (Å²) in [6, 6.07) is 81.4. The van der Waals surface area contributed by atoms with Crippen molar-refractivity contribution in [1.82, 2.24) is 0 Å². The second-order valence-corrected chi connectivity index (χ2v) is 14.1. The molecule has 0 aliphatic carbocycles. The van der Waals surface area contributed by atoms with Crippen LogP contribution in [0.3, 0.4) is 0 Å². The molecule has 0 spiro atoms. The van der Waals surface area contributed by atoms with E-state index in [9.17, 15) is 0 Å². The Hall–Kier alpha value is -7.22. The van der Waals surface area contributed by atoms with Gasteiger partial charge < -0.3 is 4.90 Å². The molecule has 1 nitrogen and oxygen atoms in total. The predicted molar refractivity (Wildman–Crippen MR) is 235 cm³/mol. The maximum Gasteiger partial charge on any atom is 0.0540 e. The second-order valence-electron chi connectivity index (χ2n) is 14.1. The van der Waals surface area contributed by atoms with E-state index in [-0.39, 0.29) is 0 Å². The summed E-state index contributed by atoms with van der Waals surface area (Å²) in [7, 11) is 0. The fourth-order valence-corrected chi connectivity index (χ4v) is 8.06. The quantitative estimate of drug-likeness (QED) is 0.150. The van der Waals surface area contributed by atoms with Crippen LogP contribution in [0.5, 0.6) is 0 Å².